The molecule has 9 heteroatoms. The summed E-state index contributed by atoms with van der Waals surface area (Å²) in [5.74, 6) is 0. The molecule has 0 aromatic heterocycles. The van der Waals surface area contributed by atoms with Crippen LogP contribution in [0.5, 0.6) is 0 Å². The quantitative estimate of drug-likeness (QED) is 0.526. The minimum atomic E-state index is -4.85. The number of aliphatic hydroxyl groups excluding tert-OH is 1. The lowest BCUT2D eigenvalue weighted by Gasteiger charge is -2.06. The molecule has 18 heavy (non-hydrogen) atoms. The zero-order chi connectivity index (χ0) is 13.9. The van der Waals surface area contributed by atoms with E-state index in [2.05, 4.69) is 4.99 Å². The maximum atomic E-state index is 12.2. The summed E-state index contributed by atoms with van der Waals surface area (Å²) in [4.78, 5) is 12.7. The van der Waals surface area contributed by atoms with Gasteiger partial charge < -0.3 is 5.11 Å². The second-order valence-corrected chi connectivity index (χ2v) is 3.49. The molecule has 1 N–H and O–H groups in total. The lowest BCUT2D eigenvalue weighted by molar-refractivity contribution is -0.384. The first-order valence-corrected chi connectivity index (χ1v) is 4.83. The minimum absolute atomic E-state index is 0.00278. The van der Waals surface area contributed by atoms with Crippen LogP contribution in [0.15, 0.2) is 23.2 Å². The highest BCUT2D eigenvalue weighted by Gasteiger charge is 2.34. The molecule has 5 nitrogen and oxygen atoms in total. The van der Waals surface area contributed by atoms with Gasteiger partial charge in [0.25, 0.3) is 5.69 Å². The Morgan fingerprint density at radius 2 is 2.11 bits per heavy atom. The summed E-state index contributed by atoms with van der Waals surface area (Å²) in [7, 11) is 0. The standard InChI is InChI=1S/C9H6ClF3N2O3/c10-8(9(11,12)13)14-7-3-6(15(17)18)2-1-5(7)4-16/h1-3,16H,4H2. The third kappa shape index (κ3) is 3.41. The van der Waals surface area contributed by atoms with Gasteiger partial charge in [0.1, 0.15) is 0 Å². The molecule has 0 amide bonds. The molecule has 0 saturated carbocycles. The first-order valence-electron chi connectivity index (χ1n) is 4.45. The summed E-state index contributed by atoms with van der Waals surface area (Å²) in [6, 6.07) is 2.96. The van der Waals surface area contributed by atoms with E-state index in [4.69, 9.17) is 16.7 Å². The lowest BCUT2D eigenvalue weighted by Crippen LogP contribution is -2.16. The average molecular weight is 283 g/mol. The monoisotopic (exact) mass is 282 g/mol. The Morgan fingerprint density at radius 3 is 2.56 bits per heavy atom. The molecular formula is C9H6ClF3N2O3. The maximum Gasteiger partial charge on any atom is 0.444 e. The van der Waals surface area contributed by atoms with E-state index in [0.717, 1.165) is 18.2 Å². The molecule has 0 saturated heterocycles. The smallest absolute Gasteiger partial charge is 0.392 e. The highest BCUT2D eigenvalue weighted by molar-refractivity contribution is 6.67. The van der Waals surface area contributed by atoms with Crippen LogP contribution in [0.1, 0.15) is 5.56 Å². The zero-order valence-electron chi connectivity index (χ0n) is 8.61. The van der Waals surface area contributed by atoms with E-state index in [1.165, 1.54) is 0 Å². The molecule has 0 radical (unpaired) electrons. The van der Waals surface area contributed by atoms with Gasteiger partial charge >= 0.3 is 6.18 Å². The number of hydrogen-bond acceptors (Lipinski definition) is 4. The molecule has 0 atom stereocenters. The Balaban J connectivity index is 3.29. The topological polar surface area (TPSA) is 75.7 Å². The van der Waals surface area contributed by atoms with Gasteiger partial charge in [-0.25, -0.2) is 4.99 Å². The molecule has 0 spiro atoms. The largest absolute Gasteiger partial charge is 0.444 e. The highest BCUT2D eigenvalue weighted by Crippen LogP contribution is 2.29. The number of nitro groups is 1. The Kier molecular flexibility index (Phi) is 4.25. The van der Waals surface area contributed by atoms with Crippen molar-refractivity contribution in [1.82, 2.24) is 0 Å². The van der Waals surface area contributed by atoms with Gasteiger partial charge in [-0.05, 0) is 6.07 Å². The third-order valence-electron chi connectivity index (χ3n) is 1.90. The molecule has 0 heterocycles. The molecule has 1 aromatic carbocycles. The van der Waals surface area contributed by atoms with Gasteiger partial charge in [0.05, 0.1) is 17.2 Å². The molecule has 1 rings (SSSR count). The second-order valence-electron chi connectivity index (χ2n) is 3.13. The Morgan fingerprint density at radius 1 is 1.50 bits per heavy atom. The zero-order valence-corrected chi connectivity index (χ0v) is 9.37. The van der Waals surface area contributed by atoms with Crippen LogP contribution >= 0.6 is 11.6 Å². The van der Waals surface area contributed by atoms with E-state index in [9.17, 15) is 23.3 Å². The fourth-order valence-corrected chi connectivity index (χ4v) is 1.16. The minimum Gasteiger partial charge on any atom is -0.392 e. The number of hydrogen-bond donors (Lipinski definition) is 1. The first-order chi connectivity index (χ1) is 8.25. The third-order valence-corrected chi connectivity index (χ3v) is 2.20. The Bertz CT molecular complexity index is 502. The number of nitrogens with zero attached hydrogens (tertiary/aromatic N) is 2. The number of non-ortho nitro benzene ring substituents is 1. The van der Waals surface area contributed by atoms with E-state index >= 15 is 0 Å². The summed E-state index contributed by atoms with van der Waals surface area (Å²) in [6.45, 7) is -0.612. The van der Waals surface area contributed by atoms with E-state index in [1.54, 1.807) is 0 Å². The molecule has 98 valence electrons. The van der Waals surface area contributed by atoms with Crippen LogP contribution < -0.4 is 0 Å². The number of halogens is 4. The molecule has 0 aliphatic rings. The fourth-order valence-electron chi connectivity index (χ4n) is 1.07. The number of benzene rings is 1. The van der Waals surface area contributed by atoms with Crippen molar-refractivity contribution >= 4 is 28.1 Å². The lowest BCUT2D eigenvalue weighted by atomic mass is 10.1. The average Bonchev–Trinajstić information content (AvgIpc) is 2.27. The summed E-state index contributed by atoms with van der Waals surface area (Å²) in [6.07, 6.45) is -4.85. The SMILES string of the molecule is O=[N+]([O-])c1ccc(CO)c(N=C(Cl)C(F)(F)F)c1. The van der Waals surface area contributed by atoms with Crippen LogP contribution in [0.2, 0.25) is 0 Å². The van der Waals surface area contributed by atoms with Crippen LogP contribution in [0.25, 0.3) is 0 Å². The molecule has 1 aromatic rings. The van der Waals surface area contributed by atoms with Crippen molar-refractivity contribution in [2.24, 2.45) is 4.99 Å². The van der Waals surface area contributed by atoms with Gasteiger partial charge in [0, 0.05) is 17.7 Å². The number of aliphatic hydroxyl groups is 1. The molecule has 0 unspecified atom stereocenters. The van der Waals surface area contributed by atoms with Crippen LogP contribution in [-0.4, -0.2) is 21.4 Å². The summed E-state index contributed by atoms with van der Waals surface area (Å²) in [5, 5.41) is 17.7. The Hall–Kier alpha value is -1.67. The summed E-state index contributed by atoms with van der Waals surface area (Å²) >= 11 is 4.93. The number of rotatable bonds is 3. The van der Waals surface area contributed by atoms with Gasteiger partial charge in [-0.1, -0.05) is 11.6 Å². The van der Waals surface area contributed by atoms with Gasteiger partial charge in [-0.2, -0.15) is 13.2 Å². The van der Waals surface area contributed by atoms with Crippen molar-refractivity contribution in [2.75, 3.05) is 0 Å². The molecule has 0 aliphatic carbocycles. The predicted octanol–water partition coefficient (Wildman–Crippen LogP) is 2.92. The van der Waals surface area contributed by atoms with Crippen molar-refractivity contribution in [3.8, 4) is 0 Å². The van der Waals surface area contributed by atoms with Crippen molar-refractivity contribution in [1.29, 1.82) is 0 Å². The molecule has 0 bridgehead atoms. The van der Waals surface area contributed by atoms with E-state index < -0.39 is 34.3 Å². The van der Waals surface area contributed by atoms with Gasteiger partial charge in [-0.3, -0.25) is 10.1 Å². The van der Waals surface area contributed by atoms with Gasteiger partial charge in [0.15, 0.2) is 0 Å². The molecular weight excluding hydrogens is 277 g/mol. The first kappa shape index (κ1) is 14.4. The second kappa shape index (κ2) is 5.32. The fraction of sp³-hybridized carbons (Fsp3) is 0.222. The van der Waals surface area contributed by atoms with Crippen LogP contribution in [0.3, 0.4) is 0 Å². The predicted molar refractivity (Wildman–Crippen MR) is 58.0 cm³/mol. The number of nitro benzene ring substituents is 1. The molecule has 0 fully saturated rings. The van der Waals surface area contributed by atoms with E-state index in [0.29, 0.717) is 0 Å². The van der Waals surface area contributed by atoms with Crippen LogP contribution in [0.4, 0.5) is 24.5 Å². The normalized spacial score (nSPS) is 12.6. The van der Waals surface area contributed by atoms with Gasteiger partial charge in [-0.15, -0.1) is 0 Å². The number of alkyl halides is 3. The van der Waals surface area contributed by atoms with E-state index in [1.807, 2.05) is 0 Å². The maximum absolute atomic E-state index is 12.2. The van der Waals surface area contributed by atoms with Crippen molar-refractivity contribution in [3.05, 3.63) is 33.9 Å². The van der Waals surface area contributed by atoms with Crippen molar-refractivity contribution in [2.45, 2.75) is 12.8 Å². The number of aliphatic imine (C=N–C) groups is 1. The Labute approximate surface area is 104 Å². The van der Waals surface area contributed by atoms with Crippen LogP contribution in [0, 0.1) is 10.1 Å². The van der Waals surface area contributed by atoms with Crippen molar-refractivity contribution < 1.29 is 23.2 Å². The van der Waals surface area contributed by atoms with Gasteiger partial charge in [0.2, 0.25) is 5.17 Å². The van der Waals surface area contributed by atoms with E-state index in [-0.39, 0.29) is 5.56 Å². The van der Waals surface area contributed by atoms with Crippen molar-refractivity contribution in [3.63, 3.8) is 0 Å². The summed E-state index contributed by atoms with van der Waals surface area (Å²) in [5.41, 5.74) is -0.838. The van der Waals surface area contributed by atoms with Crippen LogP contribution in [-0.2, 0) is 6.61 Å². The summed E-state index contributed by atoms with van der Waals surface area (Å²) < 4.78 is 36.5. The molecule has 0 aliphatic heterocycles. The highest BCUT2D eigenvalue weighted by atomic mass is 35.5.